The van der Waals surface area contributed by atoms with Crippen LogP contribution in [0.4, 0.5) is 0 Å². The van der Waals surface area contributed by atoms with Crippen LogP contribution in [-0.4, -0.2) is 43.2 Å². The molecule has 0 aliphatic heterocycles. The van der Waals surface area contributed by atoms with E-state index < -0.39 is 17.5 Å². The van der Waals surface area contributed by atoms with Gasteiger partial charge in [-0.05, 0) is 11.8 Å². The summed E-state index contributed by atoms with van der Waals surface area (Å²) in [5.41, 5.74) is -2.17. The van der Waals surface area contributed by atoms with Crippen molar-refractivity contribution >= 4 is 11.9 Å². The van der Waals surface area contributed by atoms with E-state index in [1.54, 1.807) is 6.92 Å². The average molecular weight is 248 g/mol. The zero-order valence-corrected chi connectivity index (χ0v) is 10.3. The number of methoxy groups -OCH3 is 2. The van der Waals surface area contributed by atoms with E-state index in [0.29, 0.717) is 0 Å². The number of esters is 2. The molecule has 0 aromatic rings. The monoisotopic (exact) mass is 248 g/mol. The van der Waals surface area contributed by atoms with Crippen LogP contribution in [0.1, 0.15) is 20.3 Å². The van der Waals surface area contributed by atoms with Gasteiger partial charge in [0.05, 0.1) is 14.2 Å². The van der Waals surface area contributed by atoms with Crippen LogP contribution in [0.5, 0.6) is 0 Å². The van der Waals surface area contributed by atoms with Crippen molar-refractivity contribution in [1.82, 2.24) is 0 Å². The van der Waals surface area contributed by atoms with Gasteiger partial charge in [0.2, 0.25) is 5.28 Å². The smallest absolute Gasteiger partial charge is 0.394 e. The summed E-state index contributed by atoms with van der Waals surface area (Å²) in [6.45, 7) is 3.18. The van der Waals surface area contributed by atoms with Gasteiger partial charge in [0, 0.05) is 6.42 Å². The molecule has 0 radical (unpaired) electrons. The SMILES string of the molecule is CCO/N=[N+](\[O-])C(CC)(C(=O)OC)C(=O)OC. The van der Waals surface area contributed by atoms with Gasteiger partial charge in [0.15, 0.2) is 0 Å². The minimum Gasteiger partial charge on any atom is -0.596 e. The summed E-state index contributed by atoms with van der Waals surface area (Å²) in [7, 11) is 2.12. The zero-order chi connectivity index (χ0) is 13.5. The van der Waals surface area contributed by atoms with Gasteiger partial charge in [-0.3, -0.25) is 0 Å². The van der Waals surface area contributed by atoms with Crippen molar-refractivity contribution in [3.63, 3.8) is 0 Å². The van der Waals surface area contributed by atoms with Crippen molar-refractivity contribution in [2.75, 3.05) is 20.8 Å². The highest BCUT2D eigenvalue weighted by Crippen LogP contribution is 2.20. The summed E-state index contributed by atoms with van der Waals surface area (Å²) < 4.78 is 8.87. The van der Waals surface area contributed by atoms with Crippen LogP contribution in [0.25, 0.3) is 0 Å². The third kappa shape index (κ3) is 2.83. The van der Waals surface area contributed by atoms with Crippen LogP contribution < -0.4 is 0 Å². The average Bonchev–Trinajstić information content (AvgIpc) is 2.36. The predicted octanol–water partition coefficient (Wildman–Crippen LogP) is 0.395. The lowest BCUT2D eigenvalue weighted by Crippen LogP contribution is -2.54. The minimum absolute atomic E-state index is 0.126. The normalized spacial score (nSPS) is 11.9. The van der Waals surface area contributed by atoms with Crippen LogP contribution in [0.2, 0.25) is 0 Å². The Balaban J connectivity index is 5.48. The molecule has 0 heterocycles. The fourth-order valence-corrected chi connectivity index (χ4v) is 1.18. The molecule has 0 saturated heterocycles. The first-order chi connectivity index (χ1) is 8.00. The van der Waals surface area contributed by atoms with Gasteiger partial charge in [-0.25, -0.2) is 9.59 Å². The lowest BCUT2D eigenvalue weighted by molar-refractivity contribution is -0.609. The van der Waals surface area contributed by atoms with Crippen LogP contribution in [-0.2, 0) is 23.9 Å². The Kier molecular flexibility index (Phi) is 5.94. The Morgan fingerprint density at radius 3 is 2.00 bits per heavy atom. The molecule has 0 aromatic carbocycles. The summed E-state index contributed by atoms with van der Waals surface area (Å²) >= 11 is 0. The number of hydrogen-bond acceptors (Lipinski definition) is 7. The van der Waals surface area contributed by atoms with Crippen molar-refractivity contribution in [1.29, 1.82) is 0 Å². The van der Waals surface area contributed by atoms with E-state index in [9.17, 15) is 14.8 Å². The first-order valence-corrected chi connectivity index (χ1v) is 4.98. The molecule has 0 amide bonds. The molecule has 0 N–H and O–H groups in total. The predicted molar refractivity (Wildman–Crippen MR) is 54.7 cm³/mol. The van der Waals surface area contributed by atoms with Gasteiger partial charge in [0.25, 0.3) is 0 Å². The highest BCUT2D eigenvalue weighted by molar-refractivity contribution is 6.03. The van der Waals surface area contributed by atoms with Gasteiger partial charge in [-0.2, -0.15) is 0 Å². The van der Waals surface area contributed by atoms with Crippen molar-refractivity contribution in [3.05, 3.63) is 5.21 Å². The molecule has 17 heavy (non-hydrogen) atoms. The van der Waals surface area contributed by atoms with E-state index >= 15 is 0 Å². The van der Waals surface area contributed by atoms with E-state index in [0.717, 1.165) is 14.2 Å². The molecule has 8 heteroatoms. The fraction of sp³-hybridized carbons (Fsp3) is 0.778. The van der Waals surface area contributed by atoms with E-state index in [1.807, 2.05) is 0 Å². The van der Waals surface area contributed by atoms with Gasteiger partial charge >= 0.3 is 17.5 Å². The molecule has 0 unspecified atom stereocenters. The maximum absolute atomic E-state index is 11.7. The Labute approximate surface area is 98.7 Å². The van der Waals surface area contributed by atoms with Crippen LogP contribution in [0.15, 0.2) is 5.28 Å². The fourth-order valence-electron chi connectivity index (χ4n) is 1.18. The Morgan fingerprint density at radius 1 is 1.24 bits per heavy atom. The second-order valence-corrected chi connectivity index (χ2v) is 2.97. The first kappa shape index (κ1) is 15.1. The van der Waals surface area contributed by atoms with Gasteiger partial charge in [-0.15, -0.1) is 0 Å². The van der Waals surface area contributed by atoms with Crippen molar-refractivity contribution < 1.29 is 28.8 Å². The van der Waals surface area contributed by atoms with Gasteiger partial charge in [0.1, 0.15) is 6.61 Å². The highest BCUT2D eigenvalue weighted by Gasteiger charge is 2.58. The molecule has 0 aliphatic rings. The molecule has 0 rings (SSSR count). The molecule has 98 valence electrons. The molecular formula is C9H16N2O6. The molecule has 0 spiro atoms. The number of hydrogen-bond donors (Lipinski definition) is 0. The topological polar surface area (TPSA) is 100 Å². The largest absolute Gasteiger partial charge is 0.596 e. The summed E-state index contributed by atoms with van der Waals surface area (Å²) in [6, 6.07) is 0. The van der Waals surface area contributed by atoms with Gasteiger partial charge in [-0.1, -0.05) is 6.92 Å². The second kappa shape index (κ2) is 6.66. The molecule has 0 aliphatic carbocycles. The third-order valence-electron chi connectivity index (χ3n) is 2.15. The first-order valence-electron chi connectivity index (χ1n) is 4.98. The molecule has 0 saturated carbocycles. The molecule has 0 aromatic heterocycles. The summed E-state index contributed by atoms with van der Waals surface area (Å²) in [5.74, 6) is -2.10. The maximum Gasteiger partial charge on any atom is 0.394 e. The minimum atomic E-state index is -2.17. The van der Waals surface area contributed by atoms with E-state index in [-0.39, 0.29) is 17.9 Å². The van der Waals surface area contributed by atoms with Crippen LogP contribution >= 0.6 is 0 Å². The quantitative estimate of drug-likeness (QED) is 0.222. The number of carbonyl (C=O) groups excluding carboxylic acids is 2. The second-order valence-electron chi connectivity index (χ2n) is 2.97. The summed E-state index contributed by atoms with van der Waals surface area (Å²) in [4.78, 5) is 27.6. The lowest BCUT2D eigenvalue weighted by atomic mass is 9.97. The third-order valence-corrected chi connectivity index (χ3v) is 2.15. The van der Waals surface area contributed by atoms with Gasteiger partial charge < -0.3 is 19.5 Å². The number of rotatable bonds is 6. The Bertz CT molecular complexity index is 299. The van der Waals surface area contributed by atoms with Crippen molar-refractivity contribution in [3.8, 4) is 0 Å². The lowest BCUT2D eigenvalue weighted by Gasteiger charge is -2.21. The summed E-state index contributed by atoms with van der Waals surface area (Å²) in [5, 5.41) is 14.8. The van der Waals surface area contributed by atoms with Crippen molar-refractivity contribution in [2.24, 2.45) is 5.28 Å². The Morgan fingerprint density at radius 2 is 1.71 bits per heavy atom. The van der Waals surface area contributed by atoms with E-state index in [4.69, 9.17) is 0 Å². The number of nitrogens with zero attached hydrogens (tertiary/aromatic N) is 2. The molecule has 0 atom stereocenters. The van der Waals surface area contributed by atoms with E-state index in [2.05, 4.69) is 19.6 Å². The number of hydroxylamine groups is 1. The molecule has 0 bridgehead atoms. The van der Waals surface area contributed by atoms with Crippen LogP contribution in [0, 0.1) is 5.21 Å². The molecule has 8 nitrogen and oxygen atoms in total. The van der Waals surface area contributed by atoms with E-state index in [1.165, 1.54) is 6.92 Å². The highest BCUT2D eigenvalue weighted by atomic mass is 16.7. The standard InChI is InChI=1S/C9H16N2O6/c1-5-9(7(12)15-3,8(13)16-4)11(14)10-17-6-2/h5-6H2,1-4H3/b11-10-. The molecular weight excluding hydrogens is 232 g/mol. The zero-order valence-electron chi connectivity index (χ0n) is 10.3. The number of ether oxygens (including phenoxy) is 2. The number of carbonyl (C=O) groups is 2. The summed E-state index contributed by atoms with van der Waals surface area (Å²) in [6.07, 6.45) is -0.160. The Hall–Kier alpha value is -1.86. The van der Waals surface area contributed by atoms with Crippen LogP contribution in [0.3, 0.4) is 0 Å². The van der Waals surface area contributed by atoms with Crippen molar-refractivity contribution in [2.45, 2.75) is 25.8 Å². The maximum atomic E-state index is 11.7. The molecule has 0 fully saturated rings.